The lowest BCUT2D eigenvalue weighted by atomic mass is 10.5. The van der Waals surface area contributed by atoms with Gasteiger partial charge in [-0.1, -0.05) is 19.1 Å². The molecule has 0 saturated carbocycles. The first-order valence-electron chi connectivity index (χ1n) is 3.07. The highest BCUT2D eigenvalue weighted by Gasteiger charge is 1.87. The summed E-state index contributed by atoms with van der Waals surface area (Å²) < 4.78 is 4.81. The van der Waals surface area contributed by atoms with Gasteiger partial charge < -0.3 is 10.1 Å². The third kappa shape index (κ3) is 5.73. The predicted molar refractivity (Wildman–Crippen MR) is 42.8 cm³/mol. The molecule has 0 aromatic carbocycles. The lowest BCUT2D eigenvalue weighted by molar-refractivity contribution is 0.204. The van der Waals surface area contributed by atoms with Crippen LogP contribution in [0.25, 0.3) is 0 Å². The number of nitrogens with one attached hydrogen (secondary N) is 1. The second-order valence-electron chi connectivity index (χ2n) is 1.70. The number of ether oxygens (including phenoxy) is 1. The first-order valence-corrected chi connectivity index (χ1v) is 3.47. The van der Waals surface area contributed by atoms with Crippen molar-refractivity contribution in [1.82, 2.24) is 5.32 Å². The Bertz CT molecular complexity index is 85.1. The van der Waals surface area contributed by atoms with Gasteiger partial charge in [0.05, 0.1) is 11.6 Å². The van der Waals surface area contributed by atoms with Crippen molar-refractivity contribution in [3.05, 3.63) is 0 Å². The van der Waals surface area contributed by atoms with E-state index < -0.39 is 0 Å². The summed E-state index contributed by atoms with van der Waals surface area (Å²) in [5.74, 6) is 0. The van der Waals surface area contributed by atoms with Crippen molar-refractivity contribution < 1.29 is 4.74 Å². The molecule has 54 valence electrons. The third-order valence-corrected chi connectivity index (χ3v) is 1.38. The van der Waals surface area contributed by atoms with Crippen LogP contribution < -0.4 is 5.32 Å². The lowest BCUT2D eigenvalue weighted by Crippen LogP contribution is -2.24. The molecule has 0 amide bonds. The molecule has 0 saturated heterocycles. The largest absolute Gasteiger partial charge is 0.383 e. The fourth-order valence-corrected chi connectivity index (χ4v) is 0.520. The highest BCUT2D eigenvalue weighted by molar-refractivity contribution is 7.80. The van der Waals surface area contributed by atoms with Crippen LogP contribution in [-0.2, 0) is 4.74 Å². The summed E-state index contributed by atoms with van der Waals surface area (Å²) >= 11 is 4.90. The van der Waals surface area contributed by atoms with Gasteiger partial charge in [-0.25, -0.2) is 0 Å². The van der Waals surface area contributed by atoms with E-state index >= 15 is 0 Å². The van der Waals surface area contributed by atoms with E-state index in [4.69, 9.17) is 17.0 Å². The van der Waals surface area contributed by atoms with Crippen LogP contribution in [0.5, 0.6) is 0 Å². The zero-order valence-electron chi connectivity index (χ0n) is 5.94. The molecule has 0 radical (unpaired) electrons. The Morgan fingerprint density at radius 3 is 2.78 bits per heavy atom. The summed E-state index contributed by atoms with van der Waals surface area (Å²) in [6.45, 7) is 3.57. The average molecular weight is 147 g/mol. The third-order valence-electron chi connectivity index (χ3n) is 0.949. The highest BCUT2D eigenvalue weighted by atomic mass is 32.1. The average Bonchev–Trinajstić information content (AvgIpc) is 1.89. The molecule has 0 heterocycles. The maximum absolute atomic E-state index is 4.90. The van der Waals surface area contributed by atoms with Crippen molar-refractivity contribution in [2.45, 2.75) is 13.3 Å². The van der Waals surface area contributed by atoms with E-state index in [2.05, 4.69) is 5.32 Å². The van der Waals surface area contributed by atoms with Crippen LogP contribution in [0, 0.1) is 0 Å². The number of thiocarbonyl (C=S) groups is 1. The molecule has 0 rings (SSSR count). The molecule has 0 aliphatic carbocycles. The van der Waals surface area contributed by atoms with Gasteiger partial charge in [0.15, 0.2) is 0 Å². The molecule has 0 spiro atoms. The zero-order valence-corrected chi connectivity index (χ0v) is 6.75. The minimum Gasteiger partial charge on any atom is -0.383 e. The summed E-state index contributed by atoms with van der Waals surface area (Å²) in [5, 5.41) is 3.04. The minimum absolute atomic E-state index is 0.722. The molecule has 0 aliphatic heterocycles. The molecule has 0 unspecified atom stereocenters. The van der Waals surface area contributed by atoms with Crippen LogP contribution in [0.4, 0.5) is 0 Å². The van der Waals surface area contributed by atoms with E-state index in [-0.39, 0.29) is 0 Å². The van der Waals surface area contributed by atoms with Crippen LogP contribution in [0.1, 0.15) is 13.3 Å². The minimum atomic E-state index is 0.722. The van der Waals surface area contributed by atoms with Crippen LogP contribution in [0.3, 0.4) is 0 Å². The number of rotatable bonds is 4. The molecule has 0 aliphatic rings. The van der Waals surface area contributed by atoms with Crippen LogP contribution >= 0.6 is 12.2 Å². The second-order valence-corrected chi connectivity index (χ2v) is 2.19. The summed E-state index contributed by atoms with van der Waals surface area (Å²) in [4.78, 5) is 0.909. The summed E-state index contributed by atoms with van der Waals surface area (Å²) in [5.41, 5.74) is 0. The Balaban J connectivity index is 2.97. The van der Waals surface area contributed by atoms with Crippen LogP contribution in [-0.4, -0.2) is 25.2 Å². The van der Waals surface area contributed by atoms with Gasteiger partial charge in [-0.15, -0.1) is 0 Å². The van der Waals surface area contributed by atoms with Crippen molar-refractivity contribution in [2.75, 3.05) is 20.3 Å². The van der Waals surface area contributed by atoms with Gasteiger partial charge >= 0.3 is 0 Å². The first-order chi connectivity index (χ1) is 4.31. The van der Waals surface area contributed by atoms with E-state index in [0.717, 1.165) is 24.6 Å². The molecule has 0 atom stereocenters. The monoisotopic (exact) mass is 147 g/mol. The molecule has 2 nitrogen and oxygen atoms in total. The quantitative estimate of drug-likeness (QED) is 0.473. The maximum Gasteiger partial charge on any atom is 0.0751 e. The van der Waals surface area contributed by atoms with E-state index in [0.29, 0.717) is 0 Å². The molecular formula is C6H13NOS. The lowest BCUT2D eigenvalue weighted by Gasteiger charge is -2.02. The van der Waals surface area contributed by atoms with Crippen molar-refractivity contribution in [2.24, 2.45) is 0 Å². The Morgan fingerprint density at radius 2 is 2.33 bits per heavy atom. The van der Waals surface area contributed by atoms with Gasteiger partial charge in [-0.2, -0.15) is 0 Å². The maximum atomic E-state index is 4.90. The van der Waals surface area contributed by atoms with E-state index in [1.807, 2.05) is 6.92 Å². The van der Waals surface area contributed by atoms with E-state index in [1.165, 1.54) is 0 Å². The van der Waals surface area contributed by atoms with Gasteiger partial charge in [0, 0.05) is 13.7 Å². The highest BCUT2D eigenvalue weighted by Crippen LogP contribution is 1.78. The van der Waals surface area contributed by atoms with Crippen LogP contribution in [0.2, 0.25) is 0 Å². The van der Waals surface area contributed by atoms with Crippen molar-refractivity contribution >= 4 is 17.2 Å². The van der Waals surface area contributed by atoms with E-state index in [9.17, 15) is 0 Å². The standard InChI is InChI=1S/C6H13NOS/c1-3-6(9)7-4-5-8-2/h3-5H2,1-2H3,(H,7,9). The van der Waals surface area contributed by atoms with E-state index in [1.54, 1.807) is 7.11 Å². The molecule has 9 heavy (non-hydrogen) atoms. The molecule has 0 fully saturated rings. The van der Waals surface area contributed by atoms with Gasteiger partial charge in [0.1, 0.15) is 0 Å². The number of hydrogen-bond donors (Lipinski definition) is 1. The molecular weight excluding hydrogens is 134 g/mol. The summed E-state index contributed by atoms with van der Waals surface area (Å²) in [7, 11) is 1.68. The Morgan fingerprint density at radius 1 is 1.67 bits per heavy atom. The fraction of sp³-hybridized carbons (Fsp3) is 0.833. The first kappa shape index (κ1) is 8.85. The Kier molecular flexibility index (Phi) is 5.88. The van der Waals surface area contributed by atoms with Crippen molar-refractivity contribution in [3.8, 4) is 0 Å². The van der Waals surface area contributed by atoms with Crippen molar-refractivity contribution in [1.29, 1.82) is 0 Å². The molecule has 0 aromatic rings. The SMILES string of the molecule is CCC(=S)NCCOC. The van der Waals surface area contributed by atoms with Crippen molar-refractivity contribution in [3.63, 3.8) is 0 Å². The van der Waals surface area contributed by atoms with Crippen LogP contribution in [0.15, 0.2) is 0 Å². The van der Waals surface area contributed by atoms with Gasteiger partial charge in [0.2, 0.25) is 0 Å². The van der Waals surface area contributed by atoms with Gasteiger partial charge in [-0.3, -0.25) is 0 Å². The number of hydrogen-bond acceptors (Lipinski definition) is 2. The zero-order chi connectivity index (χ0) is 7.11. The fourth-order valence-electron chi connectivity index (χ4n) is 0.418. The van der Waals surface area contributed by atoms with Gasteiger partial charge in [-0.05, 0) is 6.42 Å². The predicted octanol–water partition coefficient (Wildman–Crippen LogP) is 0.960. The molecule has 0 bridgehead atoms. The smallest absolute Gasteiger partial charge is 0.0751 e. The van der Waals surface area contributed by atoms with Gasteiger partial charge in [0.25, 0.3) is 0 Å². The molecule has 0 aromatic heterocycles. The molecule has 1 N–H and O–H groups in total. The summed E-state index contributed by atoms with van der Waals surface area (Å²) in [6.07, 6.45) is 0.916. The normalized spacial score (nSPS) is 9.11. The Hall–Kier alpha value is -0.150. The number of methoxy groups -OCH3 is 1. The Labute approximate surface area is 61.6 Å². The molecule has 3 heteroatoms. The second kappa shape index (κ2) is 5.98. The summed E-state index contributed by atoms with van der Waals surface area (Å²) in [6, 6.07) is 0. The topological polar surface area (TPSA) is 21.3 Å².